The van der Waals surface area contributed by atoms with Crippen LogP contribution in [0.15, 0.2) is 12.3 Å². The van der Waals surface area contributed by atoms with Crippen molar-refractivity contribution in [1.29, 1.82) is 0 Å². The lowest BCUT2D eigenvalue weighted by molar-refractivity contribution is 0.688. The number of aromatic nitrogens is 2. The predicted molar refractivity (Wildman–Crippen MR) is 81.1 cm³/mol. The van der Waals surface area contributed by atoms with Crippen LogP contribution in [0.4, 0.5) is 0 Å². The van der Waals surface area contributed by atoms with Crippen molar-refractivity contribution in [1.82, 2.24) is 15.3 Å². The number of hydrogen-bond acceptors (Lipinski definition) is 5. The van der Waals surface area contributed by atoms with Crippen molar-refractivity contribution in [3.05, 3.63) is 23.8 Å². The zero-order chi connectivity index (χ0) is 12.8. The molecule has 18 heavy (non-hydrogen) atoms. The van der Waals surface area contributed by atoms with Gasteiger partial charge in [0.15, 0.2) is 0 Å². The van der Waals surface area contributed by atoms with Crippen LogP contribution in [0.3, 0.4) is 0 Å². The van der Waals surface area contributed by atoms with E-state index in [1.165, 1.54) is 17.9 Å². The lowest BCUT2D eigenvalue weighted by Gasteiger charge is -2.28. The number of nitrogens with one attached hydrogen (secondary N) is 1. The molecule has 0 radical (unpaired) electrons. The third-order valence-corrected chi connectivity index (χ3v) is 6.24. The molecule has 1 fully saturated rings. The van der Waals surface area contributed by atoms with Gasteiger partial charge in [-0.25, -0.2) is 9.97 Å². The Morgan fingerprint density at radius 2 is 2.17 bits per heavy atom. The zero-order valence-electron chi connectivity index (χ0n) is 11.1. The lowest BCUT2D eigenvalue weighted by Crippen LogP contribution is -2.21. The summed E-state index contributed by atoms with van der Waals surface area (Å²) in [5.74, 6) is 3.50. The van der Waals surface area contributed by atoms with Crippen LogP contribution in [0.5, 0.6) is 0 Å². The Morgan fingerprint density at radius 1 is 1.33 bits per heavy atom. The summed E-state index contributed by atoms with van der Waals surface area (Å²) in [4.78, 5) is 9.22. The summed E-state index contributed by atoms with van der Waals surface area (Å²) in [5, 5.41) is 4.45. The Labute approximate surface area is 118 Å². The molecular weight excluding hydrogens is 262 g/mol. The molecule has 2 atom stereocenters. The molecule has 2 unspecified atom stereocenters. The molecule has 100 valence electrons. The van der Waals surface area contributed by atoms with Crippen LogP contribution >= 0.6 is 23.5 Å². The molecule has 0 aliphatic carbocycles. The minimum atomic E-state index is 0.468. The van der Waals surface area contributed by atoms with Gasteiger partial charge in [-0.1, -0.05) is 13.8 Å². The molecule has 2 heterocycles. The Balaban J connectivity index is 2.10. The van der Waals surface area contributed by atoms with Crippen molar-refractivity contribution < 1.29 is 0 Å². The smallest absolute Gasteiger partial charge is 0.142 e. The van der Waals surface area contributed by atoms with E-state index in [0.717, 1.165) is 24.6 Å². The first-order valence-electron chi connectivity index (χ1n) is 6.60. The third kappa shape index (κ3) is 3.62. The second-order valence-corrected chi connectivity index (χ2v) is 6.89. The molecule has 1 N–H and O–H groups in total. The van der Waals surface area contributed by atoms with E-state index >= 15 is 0 Å². The van der Waals surface area contributed by atoms with E-state index in [1.807, 2.05) is 24.0 Å². The summed E-state index contributed by atoms with van der Waals surface area (Å²) in [6.45, 7) is 6.19. The van der Waals surface area contributed by atoms with Gasteiger partial charge in [-0.3, -0.25) is 0 Å². The molecule has 5 heteroatoms. The highest BCUT2D eigenvalue weighted by Crippen LogP contribution is 2.42. The maximum Gasteiger partial charge on any atom is 0.142 e. The highest BCUT2D eigenvalue weighted by molar-refractivity contribution is 8.06. The fourth-order valence-electron chi connectivity index (χ4n) is 2.04. The van der Waals surface area contributed by atoms with E-state index in [4.69, 9.17) is 4.98 Å². The molecule has 1 aromatic rings. The van der Waals surface area contributed by atoms with E-state index in [-0.39, 0.29) is 0 Å². The van der Waals surface area contributed by atoms with Crippen LogP contribution in [0, 0.1) is 0 Å². The maximum absolute atomic E-state index is 4.72. The molecule has 0 aromatic carbocycles. The normalized spacial score (nSPS) is 24.1. The quantitative estimate of drug-likeness (QED) is 0.899. The van der Waals surface area contributed by atoms with Gasteiger partial charge in [0, 0.05) is 29.5 Å². The van der Waals surface area contributed by atoms with Gasteiger partial charge in [0.2, 0.25) is 0 Å². The van der Waals surface area contributed by atoms with Crippen LogP contribution in [-0.2, 0) is 6.54 Å². The first-order valence-corrected chi connectivity index (χ1v) is 8.70. The lowest BCUT2D eigenvalue weighted by atomic mass is 10.2. The van der Waals surface area contributed by atoms with Crippen molar-refractivity contribution in [2.24, 2.45) is 0 Å². The average Bonchev–Trinajstić information content (AvgIpc) is 2.45. The van der Waals surface area contributed by atoms with E-state index in [2.05, 4.69) is 35.9 Å². The Bertz CT molecular complexity index is 373. The van der Waals surface area contributed by atoms with E-state index in [0.29, 0.717) is 10.5 Å². The van der Waals surface area contributed by atoms with Crippen LogP contribution in [0.1, 0.15) is 37.0 Å². The summed E-state index contributed by atoms with van der Waals surface area (Å²) in [5.41, 5.74) is 1.10. The summed E-state index contributed by atoms with van der Waals surface area (Å²) < 4.78 is 0. The average molecular weight is 283 g/mol. The second kappa shape index (κ2) is 7.36. The van der Waals surface area contributed by atoms with Crippen molar-refractivity contribution >= 4 is 23.5 Å². The number of rotatable bonds is 5. The molecular formula is C13H21N3S2. The molecule has 1 aliphatic heterocycles. The molecule has 1 aromatic heterocycles. The number of thioether (sulfide) groups is 2. The molecule has 2 rings (SSSR count). The molecule has 3 nitrogen and oxygen atoms in total. The van der Waals surface area contributed by atoms with Crippen LogP contribution < -0.4 is 5.32 Å². The second-order valence-electron chi connectivity index (χ2n) is 4.30. The first kappa shape index (κ1) is 14.2. The molecule has 0 saturated carbocycles. The molecule has 0 bridgehead atoms. The Morgan fingerprint density at radius 3 is 2.94 bits per heavy atom. The summed E-state index contributed by atoms with van der Waals surface area (Å²) in [7, 11) is 0. The highest BCUT2D eigenvalue weighted by Gasteiger charge is 2.28. The van der Waals surface area contributed by atoms with Gasteiger partial charge in [-0.15, -0.1) is 11.8 Å². The minimum absolute atomic E-state index is 0.468. The Kier molecular flexibility index (Phi) is 5.79. The van der Waals surface area contributed by atoms with Gasteiger partial charge < -0.3 is 5.32 Å². The van der Waals surface area contributed by atoms with E-state index in [9.17, 15) is 0 Å². The molecule has 0 spiro atoms. The summed E-state index contributed by atoms with van der Waals surface area (Å²) in [6, 6.07) is 2.01. The number of nitrogens with zero attached hydrogens (tertiary/aromatic N) is 2. The van der Waals surface area contributed by atoms with Crippen molar-refractivity contribution in [3.8, 4) is 0 Å². The van der Waals surface area contributed by atoms with Gasteiger partial charge in [-0.2, -0.15) is 11.8 Å². The van der Waals surface area contributed by atoms with E-state index in [1.54, 1.807) is 0 Å². The summed E-state index contributed by atoms with van der Waals surface area (Å²) in [6.07, 6.45) is 3.10. The molecule has 1 saturated heterocycles. The highest BCUT2D eigenvalue weighted by atomic mass is 32.2. The monoisotopic (exact) mass is 283 g/mol. The predicted octanol–water partition coefficient (Wildman–Crippen LogP) is 2.89. The number of hydrogen-bond donors (Lipinski definition) is 1. The SMILES string of the molecule is CCNCc1ccnc(C2SCCSC2CC)n1. The minimum Gasteiger partial charge on any atom is -0.311 e. The standard InChI is InChI=1S/C13H21N3S2/c1-3-11-12(18-8-7-17-11)13-15-6-5-10(16-13)9-14-4-2/h5-6,11-12,14H,3-4,7-9H2,1-2H3. The fourth-order valence-corrected chi connectivity index (χ4v) is 5.04. The van der Waals surface area contributed by atoms with Gasteiger partial charge >= 0.3 is 0 Å². The van der Waals surface area contributed by atoms with Crippen LogP contribution in [0.2, 0.25) is 0 Å². The van der Waals surface area contributed by atoms with Crippen LogP contribution in [0.25, 0.3) is 0 Å². The maximum atomic E-state index is 4.72. The van der Waals surface area contributed by atoms with Gasteiger partial charge in [-0.05, 0) is 19.0 Å². The van der Waals surface area contributed by atoms with Crippen molar-refractivity contribution in [3.63, 3.8) is 0 Å². The van der Waals surface area contributed by atoms with Gasteiger partial charge in [0.25, 0.3) is 0 Å². The van der Waals surface area contributed by atoms with Gasteiger partial charge in [0.05, 0.1) is 10.9 Å². The van der Waals surface area contributed by atoms with Gasteiger partial charge in [0.1, 0.15) is 5.82 Å². The van der Waals surface area contributed by atoms with E-state index < -0.39 is 0 Å². The fraction of sp³-hybridized carbons (Fsp3) is 0.692. The van der Waals surface area contributed by atoms with Crippen LogP contribution in [-0.4, -0.2) is 33.3 Å². The first-order chi connectivity index (χ1) is 8.85. The largest absolute Gasteiger partial charge is 0.311 e. The Hall–Kier alpha value is -0.260. The molecule has 1 aliphatic rings. The van der Waals surface area contributed by atoms with Crippen molar-refractivity contribution in [2.75, 3.05) is 18.1 Å². The zero-order valence-corrected chi connectivity index (χ0v) is 12.7. The van der Waals surface area contributed by atoms with Crippen molar-refractivity contribution in [2.45, 2.75) is 37.3 Å². The summed E-state index contributed by atoms with van der Waals surface area (Å²) >= 11 is 4.09. The molecule has 0 amide bonds. The topological polar surface area (TPSA) is 37.8 Å². The third-order valence-electron chi connectivity index (χ3n) is 3.00.